The van der Waals surface area contributed by atoms with Crippen molar-refractivity contribution < 1.29 is 9.47 Å². The molecule has 1 rings (SSSR count). The van der Waals surface area contributed by atoms with E-state index in [0.717, 1.165) is 38.4 Å². The van der Waals surface area contributed by atoms with E-state index in [1.807, 2.05) is 0 Å². The summed E-state index contributed by atoms with van der Waals surface area (Å²) in [7, 11) is 0. The molecular weight excluding hydrogens is 176 g/mol. The van der Waals surface area contributed by atoms with Crippen LogP contribution in [0.2, 0.25) is 0 Å². The van der Waals surface area contributed by atoms with E-state index in [9.17, 15) is 0 Å². The Hall–Kier alpha value is -0.0800. The Morgan fingerprint density at radius 3 is 2.71 bits per heavy atom. The smallest absolute Gasteiger partial charge is 0.0651 e. The van der Waals surface area contributed by atoms with Crippen LogP contribution in [0, 0.1) is 5.92 Å². The van der Waals surface area contributed by atoms with Crippen molar-refractivity contribution in [2.45, 2.75) is 58.7 Å². The molecule has 0 unspecified atom stereocenters. The van der Waals surface area contributed by atoms with E-state index in [1.165, 1.54) is 0 Å². The van der Waals surface area contributed by atoms with Gasteiger partial charge in [0.25, 0.3) is 0 Å². The zero-order valence-corrected chi connectivity index (χ0v) is 10.0. The van der Waals surface area contributed by atoms with E-state index < -0.39 is 0 Å². The second-order valence-electron chi connectivity index (χ2n) is 5.28. The topological polar surface area (TPSA) is 18.5 Å². The summed E-state index contributed by atoms with van der Waals surface area (Å²) in [5.74, 6) is 0.739. The molecule has 0 aromatic heterocycles. The first-order chi connectivity index (χ1) is 6.49. The van der Waals surface area contributed by atoms with E-state index in [-0.39, 0.29) is 5.60 Å². The summed E-state index contributed by atoms with van der Waals surface area (Å²) in [6, 6.07) is 0. The lowest BCUT2D eigenvalue weighted by Crippen LogP contribution is -2.38. The minimum Gasteiger partial charge on any atom is -0.378 e. The fraction of sp³-hybridized carbons (Fsp3) is 1.00. The predicted octanol–water partition coefficient (Wildman–Crippen LogP) is 3.01. The van der Waals surface area contributed by atoms with Crippen LogP contribution in [-0.4, -0.2) is 24.9 Å². The van der Waals surface area contributed by atoms with Gasteiger partial charge >= 0.3 is 0 Å². The molecule has 1 heterocycles. The predicted molar refractivity (Wildman–Crippen MR) is 58.5 cm³/mol. The van der Waals surface area contributed by atoms with E-state index in [4.69, 9.17) is 9.47 Å². The Morgan fingerprint density at radius 1 is 1.43 bits per heavy atom. The van der Waals surface area contributed by atoms with Crippen molar-refractivity contribution in [2.24, 2.45) is 5.92 Å². The molecule has 84 valence electrons. The maximum absolute atomic E-state index is 5.85. The van der Waals surface area contributed by atoms with Gasteiger partial charge in [-0.1, -0.05) is 13.8 Å². The van der Waals surface area contributed by atoms with E-state index >= 15 is 0 Å². The first kappa shape index (κ1) is 12.0. The number of rotatable bonds is 4. The third-order valence-electron chi connectivity index (χ3n) is 2.70. The van der Waals surface area contributed by atoms with Gasteiger partial charge in [0.2, 0.25) is 0 Å². The van der Waals surface area contributed by atoms with Crippen LogP contribution < -0.4 is 0 Å². The molecule has 1 atom stereocenters. The van der Waals surface area contributed by atoms with Gasteiger partial charge in [0.1, 0.15) is 0 Å². The number of hydrogen-bond acceptors (Lipinski definition) is 2. The highest BCUT2D eigenvalue weighted by Crippen LogP contribution is 2.26. The van der Waals surface area contributed by atoms with Crippen molar-refractivity contribution in [2.75, 3.05) is 13.2 Å². The average Bonchev–Trinajstić information content (AvgIpc) is 2.01. The molecule has 2 heteroatoms. The van der Waals surface area contributed by atoms with Crippen molar-refractivity contribution in [3.05, 3.63) is 0 Å². The maximum atomic E-state index is 5.85. The number of hydrogen-bond donors (Lipinski definition) is 0. The molecule has 0 N–H and O–H groups in total. The quantitative estimate of drug-likeness (QED) is 0.694. The largest absolute Gasteiger partial charge is 0.378 e. The zero-order valence-electron chi connectivity index (χ0n) is 10.0. The Kier molecular flexibility index (Phi) is 4.39. The molecular formula is C12H24O2. The van der Waals surface area contributed by atoms with Crippen molar-refractivity contribution >= 4 is 0 Å². The minimum absolute atomic E-state index is 0.0146. The second kappa shape index (κ2) is 5.13. The molecule has 1 aliphatic rings. The molecule has 0 aliphatic carbocycles. The van der Waals surface area contributed by atoms with Crippen LogP contribution in [0.15, 0.2) is 0 Å². The zero-order chi connectivity index (χ0) is 10.6. The molecule has 0 aromatic rings. The van der Waals surface area contributed by atoms with Crippen LogP contribution in [0.3, 0.4) is 0 Å². The molecule has 0 amide bonds. The molecule has 0 spiro atoms. The summed E-state index contributed by atoms with van der Waals surface area (Å²) in [6.45, 7) is 10.5. The van der Waals surface area contributed by atoms with Crippen LogP contribution in [0.25, 0.3) is 0 Å². The molecule has 0 saturated carbocycles. The van der Waals surface area contributed by atoms with Gasteiger partial charge in [-0.15, -0.1) is 0 Å². The molecule has 1 fully saturated rings. The fourth-order valence-corrected chi connectivity index (χ4v) is 1.79. The highest BCUT2D eigenvalue weighted by atomic mass is 16.5. The SMILES string of the molecule is CC(C)CCO[C@@H]1CCOC(C)(C)C1. The lowest BCUT2D eigenvalue weighted by molar-refractivity contribution is -0.116. The summed E-state index contributed by atoms with van der Waals surface area (Å²) in [4.78, 5) is 0. The number of ether oxygens (including phenoxy) is 2. The van der Waals surface area contributed by atoms with Crippen molar-refractivity contribution in [1.29, 1.82) is 0 Å². The molecule has 1 aliphatic heterocycles. The van der Waals surface area contributed by atoms with Gasteiger partial charge in [-0.3, -0.25) is 0 Å². The van der Waals surface area contributed by atoms with Gasteiger partial charge in [0.05, 0.1) is 11.7 Å². The van der Waals surface area contributed by atoms with Crippen molar-refractivity contribution in [3.8, 4) is 0 Å². The summed E-state index contributed by atoms with van der Waals surface area (Å²) < 4.78 is 11.5. The van der Waals surface area contributed by atoms with Gasteiger partial charge in [0.15, 0.2) is 0 Å². The Labute approximate surface area is 88.0 Å². The summed E-state index contributed by atoms with van der Waals surface area (Å²) >= 11 is 0. The maximum Gasteiger partial charge on any atom is 0.0651 e. The summed E-state index contributed by atoms with van der Waals surface area (Å²) in [6.07, 6.45) is 3.67. The van der Waals surface area contributed by atoms with E-state index in [0.29, 0.717) is 6.10 Å². The lowest BCUT2D eigenvalue weighted by atomic mass is 9.96. The molecule has 0 bridgehead atoms. The summed E-state index contributed by atoms with van der Waals surface area (Å²) in [5, 5.41) is 0. The first-order valence-corrected chi connectivity index (χ1v) is 5.75. The van der Waals surface area contributed by atoms with Crippen LogP contribution in [0.5, 0.6) is 0 Å². The second-order valence-corrected chi connectivity index (χ2v) is 5.28. The van der Waals surface area contributed by atoms with Crippen LogP contribution in [-0.2, 0) is 9.47 Å². The summed E-state index contributed by atoms with van der Waals surface area (Å²) in [5.41, 5.74) is 0.0146. The molecule has 0 aromatic carbocycles. The molecule has 0 radical (unpaired) electrons. The van der Waals surface area contributed by atoms with Gasteiger partial charge in [-0.25, -0.2) is 0 Å². The third-order valence-corrected chi connectivity index (χ3v) is 2.70. The van der Waals surface area contributed by atoms with Gasteiger partial charge < -0.3 is 9.47 Å². The van der Waals surface area contributed by atoms with Gasteiger partial charge in [0, 0.05) is 19.6 Å². The Morgan fingerprint density at radius 2 is 2.14 bits per heavy atom. The Bertz CT molecular complexity index is 164. The molecule has 1 saturated heterocycles. The van der Waals surface area contributed by atoms with Gasteiger partial charge in [-0.05, 0) is 32.6 Å². The molecule has 14 heavy (non-hydrogen) atoms. The first-order valence-electron chi connectivity index (χ1n) is 5.75. The normalized spacial score (nSPS) is 26.8. The fourth-order valence-electron chi connectivity index (χ4n) is 1.79. The standard InChI is InChI=1S/C12H24O2/c1-10(2)5-7-13-11-6-8-14-12(3,4)9-11/h10-11H,5-9H2,1-4H3/t11-/m1/s1. The van der Waals surface area contributed by atoms with Crippen LogP contribution >= 0.6 is 0 Å². The van der Waals surface area contributed by atoms with Crippen LogP contribution in [0.1, 0.15) is 47.0 Å². The van der Waals surface area contributed by atoms with Crippen LogP contribution in [0.4, 0.5) is 0 Å². The highest BCUT2D eigenvalue weighted by Gasteiger charge is 2.29. The molecule has 2 nitrogen and oxygen atoms in total. The van der Waals surface area contributed by atoms with Gasteiger partial charge in [-0.2, -0.15) is 0 Å². The Balaban J connectivity index is 2.18. The van der Waals surface area contributed by atoms with Crippen molar-refractivity contribution in [1.82, 2.24) is 0 Å². The van der Waals surface area contributed by atoms with Crippen molar-refractivity contribution in [3.63, 3.8) is 0 Å². The highest BCUT2D eigenvalue weighted by molar-refractivity contribution is 4.79. The van der Waals surface area contributed by atoms with E-state index in [2.05, 4.69) is 27.7 Å². The monoisotopic (exact) mass is 200 g/mol. The minimum atomic E-state index is 0.0146. The average molecular weight is 200 g/mol. The lowest BCUT2D eigenvalue weighted by Gasteiger charge is -2.35. The van der Waals surface area contributed by atoms with E-state index in [1.54, 1.807) is 0 Å². The third kappa shape index (κ3) is 4.43.